The van der Waals surface area contributed by atoms with Crippen molar-refractivity contribution in [2.75, 3.05) is 19.0 Å². The van der Waals surface area contributed by atoms with Gasteiger partial charge in [-0.15, -0.1) is 0 Å². The van der Waals surface area contributed by atoms with E-state index in [1.54, 1.807) is 0 Å². The van der Waals surface area contributed by atoms with Gasteiger partial charge in [-0.2, -0.15) is 5.26 Å². The van der Waals surface area contributed by atoms with Crippen LogP contribution in [0.5, 0.6) is 0 Å². The molecule has 1 N–H and O–H groups in total. The van der Waals surface area contributed by atoms with Gasteiger partial charge in [0.1, 0.15) is 6.04 Å². The van der Waals surface area contributed by atoms with Gasteiger partial charge in [0.2, 0.25) is 0 Å². The first kappa shape index (κ1) is 15.1. The highest BCUT2D eigenvalue weighted by atomic mass is 15.1. The number of benzene rings is 2. The molecule has 2 aromatic rings. The van der Waals surface area contributed by atoms with Crippen molar-refractivity contribution in [1.29, 1.82) is 5.26 Å². The van der Waals surface area contributed by atoms with E-state index in [0.717, 1.165) is 11.3 Å². The number of nitriles is 1. The van der Waals surface area contributed by atoms with Crippen molar-refractivity contribution in [1.82, 2.24) is 5.32 Å². The van der Waals surface area contributed by atoms with Crippen molar-refractivity contribution in [3.8, 4) is 6.07 Å². The normalized spacial score (nSPS) is 11.7. The molecule has 21 heavy (non-hydrogen) atoms. The molecule has 2 aromatic carbocycles. The molecule has 0 fully saturated rings. The Morgan fingerprint density at radius 3 is 2.19 bits per heavy atom. The molecular weight excluding hydrogens is 258 g/mol. The minimum Gasteiger partial charge on any atom is -0.378 e. The zero-order valence-corrected chi connectivity index (χ0v) is 12.8. The molecule has 3 heteroatoms. The van der Waals surface area contributed by atoms with Crippen LogP contribution in [0.1, 0.15) is 22.7 Å². The number of hydrogen-bond acceptors (Lipinski definition) is 3. The van der Waals surface area contributed by atoms with Crippen LogP contribution in [0.25, 0.3) is 0 Å². The summed E-state index contributed by atoms with van der Waals surface area (Å²) < 4.78 is 0. The van der Waals surface area contributed by atoms with Gasteiger partial charge in [-0.1, -0.05) is 42.0 Å². The Kier molecular flexibility index (Phi) is 4.97. The summed E-state index contributed by atoms with van der Waals surface area (Å²) in [5.41, 5.74) is 4.56. The van der Waals surface area contributed by atoms with Crippen LogP contribution in [0.4, 0.5) is 5.69 Å². The van der Waals surface area contributed by atoms with Gasteiger partial charge in [-0.3, -0.25) is 5.32 Å². The fourth-order valence-corrected chi connectivity index (χ4v) is 2.13. The third-order valence-electron chi connectivity index (χ3n) is 3.50. The first-order valence-corrected chi connectivity index (χ1v) is 7.06. The van der Waals surface area contributed by atoms with Crippen LogP contribution in [0.3, 0.4) is 0 Å². The lowest BCUT2D eigenvalue weighted by molar-refractivity contribution is 0.630. The molecule has 0 radical (unpaired) electrons. The molecule has 0 amide bonds. The molecule has 0 aliphatic carbocycles. The summed E-state index contributed by atoms with van der Waals surface area (Å²) in [5, 5.41) is 12.7. The summed E-state index contributed by atoms with van der Waals surface area (Å²) in [5.74, 6) is 0. The Hall–Kier alpha value is -2.31. The Morgan fingerprint density at radius 2 is 1.67 bits per heavy atom. The maximum Gasteiger partial charge on any atom is 0.121 e. The van der Waals surface area contributed by atoms with E-state index in [1.165, 1.54) is 11.1 Å². The van der Waals surface area contributed by atoms with Crippen LogP contribution < -0.4 is 10.2 Å². The predicted molar refractivity (Wildman–Crippen MR) is 87.1 cm³/mol. The van der Waals surface area contributed by atoms with Gasteiger partial charge < -0.3 is 4.90 Å². The zero-order valence-electron chi connectivity index (χ0n) is 12.8. The topological polar surface area (TPSA) is 39.1 Å². The summed E-state index contributed by atoms with van der Waals surface area (Å²) in [4.78, 5) is 2.05. The molecule has 0 aliphatic heterocycles. The van der Waals surface area contributed by atoms with Crippen molar-refractivity contribution in [3.05, 3.63) is 65.2 Å². The third-order valence-corrected chi connectivity index (χ3v) is 3.50. The summed E-state index contributed by atoms with van der Waals surface area (Å²) in [6.45, 7) is 2.76. The molecule has 0 aromatic heterocycles. The minimum atomic E-state index is -0.289. The Balaban J connectivity index is 2.02. The van der Waals surface area contributed by atoms with E-state index in [-0.39, 0.29) is 6.04 Å². The third kappa shape index (κ3) is 4.08. The maximum atomic E-state index is 9.36. The van der Waals surface area contributed by atoms with Gasteiger partial charge in [-0.25, -0.2) is 0 Å². The SMILES string of the molecule is Cc1ccc(CNC(C#N)c2ccc(N(C)C)cc2)cc1. The predicted octanol–water partition coefficient (Wildman–Crippen LogP) is 3.42. The molecule has 3 nitrogen and oxygen atoms in total. The minimum absolute atomic E-state index is 0.289. The number of rotatable bonds is 5. The van der Waals surface area contributed by atoms with E-state index in [4.69, 9.17) is 0 Å². The quantitative estimate of drug-likeness (QED) is 0.911. The summed E-state index contributed by atoms with van der Waals surface area (Å²) in [7, 11) is 4.01. The van der Waals surface area contributed by atoms with E-state index >= 15 is 0 Å². The lowest BCUT2D eigenvalue weighted by atomic mass is 10.1. The Labute approximate surface area is 126 Å². The fraction of sp³-hybridized carbons (Fsp3) is 0.278. The zero-order chi connectivity index (χ0) is 15.2. The molecule has 1 atom stereocenters. The van der Waals surface area contributed by atoms with Crippen molar-refractivity contribution in [3.63, 3.8) is 0 Å². The average molecular weight is 279 g/mol. The van der Waals surface area contributed by atoms with E-state index < -0.39 is 0 Å². The van der Waals surface area contributed by atoms with E-state index in [9.17, 15) is 5.26 Å². The average Bonchev–Trinajstić information content (AvgIpc) is 2.50. The standard InChI is InChI=1S/C18H21N3/c1-14-4-6-15(7-5-14)13-20-18(12-19)16-8-10-17(11-9-16)21(2)3/h4-11,18,20H,13H2,1-3H3. The van der Waals surface area contributed by atoms with E-state index in [0.29, 0.717) is 6.54 Å². The van der Waals surface area contributed by atoms with Gasteiger partial charge >= 0.3 is 0 Å². The lowest BCUT2D eigenvalue weighted by Gasteiger charge is -2.15. The largest absolute Gasteiger partial charge is 0.378 e. The van der Waals surface area contributed by atoms with Crippen molar-refractivity contribution in [2.24, 2.45) is 0 Å². The van der Waals surface area contributed by atoms with Crippen molar-refractivity contribution >= 4 is 5.69 Å². The van der Waals surface area contributed by atoms with Gasteiger partial charge in [0, 0.05) is 26.3 Å². The maximum absolute atomic E-state index is 9.36. The molecule has 0 spiro atoms. The van der Waals surface area contributed by atoms with Gasteiger partial charge in [-0.05, 0) is 30.2 Å². The summed E-state index contributed by atoms with van der Waals surface area (Å²) in [6, 6.07) is 18.5. The molecule has 0 aliphatic rings. The van der Waals surface area contributed by atoms with Crippen LogP contribution >= 0.6 is 0 Å². The van der Waals surface area contributed by atoms with Crippen LogP contribution in [-0.2, 0) is 6.54 Å². The van der Waals surface area contributed by atoms with Crippen molar-refractivity contribution < 1.29 is 0 Å². The molecule has 108 valence electrons. The number of hydrogen-bond donors (Lipinski definition) is 1. The van der Waals surface area contributed by atoms with Crippen LogP contribution in [0, 0.1) is 18.3 Å². The summed E-state index contributed by atoms with van der Waals surface area (Å²) >= 11 is 0. The second kappa shape index (κ2) is 6.92. The van der Waals surface area contributed by atoms with E-state index in [1.807, 2.05) is 43.3 Å². The van der Waals surface area contributed by atoms with Gasteiger partial charge in [0.25, 0.3) is 0 Å². The van der Waals surface area contributed by atoms with E-state index in [2.05, 4.69) is 42.6 Å². The van der Waals surface area contributed by atoms with Crippen LogP contribution in [0.2, 0.25) is 0 Å². The second-order valence-electron chi connectivity index (χ2n) is 5.41. The van der Waals surface area contributed by atoms with Crippen LogP contribution in [0.15, 0.2) is 48.5 Å². The number of nitrogens with zero attached hydrogens (tertiary/aromatic N) is 2. The molecule has 0 saturated carbocycles. The second-order valence-corrected chi connectivity index (χ2v) is 5.41. The highest BCUT2D eigenvalue weighted by Gasteiger charge is 2.09. The first-order chi connectivity index (χ1) is 10.1. The fourth-order valence-electron chi connectivity index (χ4n) is 2.13. The molecule has 2 rings (SSSR count). The molecule has 0 saturated heterocycles. The molecule has 0 heterocycles. The molecule has 1 unspecified atom stereocenters. The first-order valence-electron chi connectivity index (χ1n) is 7.06. The molecule has 0 bridgehead atoms. The van der Waals surface area contributed by atoms with Gasteiger partial charge in [0.05, 0.1) is 6.07 Å². The number of anilines is 1. The van der Waals surface area contributed by atoms with Gasteiger partial charge in [0.15, 0.2) is 0 Å². The highest BCUT2D eigenvalue weighted by molar-refractivity contribution is 5.47. The molecular formula is C18H21N3. The van der Waals surface area contributed by atoms with Crippen LogP contribution in [-0.4, -0.2) is 14.1 Å². The summed E-state index contributed by atoms with van der Waals surface area (Å²) in [6.07, 6.45) is 0. The van der Waals surface area contributed by atoms with Crippen molar-refractivity contribution in [2.45, 2.75) is 19.5 Å². The Morgan fingerprint density at radius 1 is 1.05 bits per heavy atom. The smallest absolute Gasteiger partial charge is 0.121 e. The Bertz CT molecular complexity index is 606. The monoisotopic (exact) mass is 279 g/mol. The lowest BCUT2D eigenvalue weighted by Crippen LogP contribution is -2.19. The highest BCUT2D eigenvalue weighted by Crippen LogP contribution is 2.18. The number of aryl methyl sites for hydroxylation is 1. The number of nitrogens with one attached hydrogen (secondary N) is 1.